The van der Waals surface area contributed by atoms with Crippen molar-refractivity contribution in [1.82, 2.24) is 14.8 Å². The number of hydrogen-bond acceptors (Lipinski definition) is 5. The molecule has 0 amide bonds. The Morgan fingerprint density at radius 3 is 2.42 bits per heavy atom. The van der Waals surface area contributed by atoms with Gasteiger partial charge >= 0.3 is 12.1 Å². The lowest BCUT2D eigenvalue weighted by atomic mass is 10.1. The molecule has 4 rings (SSSR count). The summed E-state index contributed by atoms with van der Waals surface area (Å²) in [6.07, 6.45) is -7.10. The molecule has 0 saturated heterocycles. The molecule has 4 aromatic rings. The van der Waals surface area contributed by atoms with Crippen LogP contribution in [0, 0.1) is 0 Å². The number of pyridine rings is 1. The SMILES string of the molecule is CCOC(=O)c1cnn(-c2cccc(-c3cccc(C(F)F)c3OCc3ccc(Br)cc3)n2)c1C(F)(F)F. The number of halogens is 6. The van der Waals surface area contributed by atoms with Crippen molar-refractivity contribution < 1.29 is 36.2 Å². The number of esters is 1. The lowest BCUT2D eigenvalue weighted by Crippen LogP contribution is -2.19. The summed E-state index contributed by atoms with van der Waals surface area (Å²) in [5.41, 5.74) is -1.61. The van der Waals surface area contributed by atoms with Crippen LogP contribution in [0.5, 0.6) is 5.75 Å². The molecule has 0 fully saturated rings. The topological polar surface area (TPSA) is 66.2 Å². The second-order valence-corrected chi connectivity index (χ2v) is 8.77. The van der Waals surface area contributed by atoms with Gasteiger partial charge in [0.2, 0.25) is 0 Å². The molecule has 6 nitrogen and oxygen atoms in total. The molecule has 0 unspecified atom stereocenters. The lowest BCUT2D eigenvalue weighted by Gasteiger charge is -2.17. The van der Waals surface area contributed by atoms with Crippen molar-refractivity contribution in [2.75, 3.05) is 6.61 Å². The molecular formula is C26H19BrF5N3O3. The van der Waals surface area contributed by atoms with Gasteiger partial charge in [0.1, 0.15) is 17.9 Å². The fourth-order valence-electron chi connectivity index (χ4n) is 3.67. The van der Waals surface area contributed by atoms with E-state index in [1.165, 1.54) is 43.3 Å². The van der Waals surface area contributed by atoms with E-state index in [0.717, 1.165) is 10.7 Å². The molecule has 0 atom stereocenters. The highest BCUT2D eigenvalue weighted by atomic mass is 79.9. The highest BCUT2D eigenvalue weighted by Crippen LogP contribution is 2.39. The predicted molar refractivity (Wildman–Crippen MR) is 131 cm³/mol. The van der Waals surface area contributed by atoms with Gasteiger partial charge in [0.15, 0.2) is 11.5 Å². The zero-order valence-electron chi connectivity index (χ0n) is 19.7. The molecule has 0 aliphatic rings. The first-order chi connectivity index (χ1) is 18.1. The number of carbonyl (C=O) groups is 1. The van der Waals surface area contributed by atoms with Crippen LogP contribution < -0.4 is 4.74 Å². The van der Waals surface area contributed by atoms with Gasteiger partial charge in [-0.05, 0) is 48.9 Å². The van der Waals surface area contributed by atoms with Crippen molar-refractivity contribution in [2.45, 2.75) is 26.1 Å². The third kappa shape index (κ3) is 5.85. The zero-order chi connectivity index (χ0) is 27.4. The number of ether oxygens (including phenoxy) is 2. The Hall–Kier alpha value is -3.80. The van der Waals surface area contributed by atoms with Crippen molar-refractivity contribution in [3.63, 3.8) is 0 Å². The first kappa shape index (κ1) is 27.2. The minimum atomic E-state index is -4.97. The summed E-state index contributed by atoms with van der Waals surface area (Å²) in [6, 6.07) is 15.2. The van der Waals surface area contributed by atoms with Gasteiger partial charge in [-0.1, -0.05) is 40.2 Å². The van der Waals surface area contributed by atoms with E-state index in [1.54, 1.807) is 24.3 Å². The Morgan fingerprint density at radius 1 is 1.05 bits per heavy atom. The van der Waals surface area contributed by atoms with E-state index in [4.69, 9.17) is 9.47 Å². The molecule has 0 aliphatic carbocycles. The number of carbonyl (C=O) groups excluding carboxylic acids is 1. The molecule has 0 saturated carbocycles. The number of para-hydroxylation sites is 1. The molecule has 2 aromatic heterocycles. The van der Waals surface area contributed by atoms with Crippen LogP contribution in [0.25, 0.3) is 17.1 Å². The van der Waals surface area contributed by atoms with E-state index in [2.05, 4.69) is 26.0 Å². The summed E-state index contributed by atoms with van der Waals surface area (Å²) >= 11 is 3.32. The maximum absolute atomic E-state index is 13.9. The molecule has 0 spiro atoms. The smallest absolute Gasteiger partial charge is 0.434 e. The number of hydrogen-bond donors (Lipinski definition) is 0. The fraction of sp³-hybridized carbons (Fsp3) is 0.192. The van der Waals surface area contributed by atoms with Crippen LogP contribution in [-0.2, 0) is 17.5 Å². The molecule has 12 heteroatoms. The third-order valence-corrected chi connectivity index (χ3v) is 5.87. The third-order valence-electron chi connectivity index (χ3n) is 5.34. The first-order valence-corrected chi connectivity index (χ1v) is 12.0. The van der Waals surface area contributed by atoms with Gasteiger partial charge in [-0.15, -0.1) is 0 Å². The largest absolute Gasteiger partial charge is 0.488 e. The van der Waals surface area contributed by atoms with Crippen LogP contribution in [0.4, 0.5) is 22.0 Å². The van der Waals surface area contributed by atoms with E-state index in [9.17, 15) is 26.7 Å². The molecule has 198 valence electrons. The summed E-state index contributed by atoms with van der Waals surface area (Å²) in [4.78, 5) is 16.4. The average Bonchev–Trinajstić information content (AvgIpc) is 3.35. The number of rotatable bonds is 8. The van der Waals surface area contributed by atoms with E-state index in [-0.39, 0.29) is 36.0 Å². The maximum atomic E-state index is 13.9. The molecule has 0 N–H and O–H groups in total. The quantitative estimate of drug-likeness (QED) is 0.157. The highest BCUT2D eigenvalue weighted by molar-refractivity contribution is 9.10. The van der Waals surface area contributed by atoms with Crippen molar-refractivity contribution in [2.24, 2.45) is 0 Å². The molecule has 0 bridgehead atoms. The summed E-state index contributed by atoms with van der Waals surface area (Å²) in [6.45, 7) is 1.30. The maximum Gasteiger partial charge on any atom is 0.434 e. The van der Waals surface area contributed by atoms with Crippen LogP contribution in [-0.4, -0.2) is 27.3 Å². The second-order valence-electron chi connectivity index (χ2n) is 7.86. The fourth-order valence-corrected chi connectivity index (χ4v) is 3.93. The van der Waals surface area contributed by atoms with Crippen molar-refractivity contribution in [3.8, 4) is 22.8 Å². The molecule has 2 heterocycles. The lowest BCUT2D eigenvalue weighted by molar-refractivity contribution is -0.143. The van der Waals surface area contributed by atoms with E-state index < -0.39 is 35.4 Å². The average molecular weight is 596 g/mol. The Morgan fingerprint density at radius 2 is 1.76 bits per heavy atom. The summed E-state index contributed by atoms with van der Waals surface area (Å²) < 4.78 is 81.4. The molecular weight excluding hydrogens is 577 g/mol. The van der Waals surface area contributed by atoms with Crippen molar-refractivity contribution in [3.05, 3.63) is 93.7 Å². The molecule has 0 aliphatic heterocycles. The number of aromatic nitrogens is 3. The molecule has 2 aromatic carbocycles. The van der Waals surface area contributed by atoms with E-state index in [1.807, 2.05) is 0 Å². The minimum absolute atomic E-state index is 0.0377. The number of benzene rings is 2. The van der Waals surface area contributed by atoms with Crippen molar-refractivity contribution >= 4 is 21.9 Å². The first-order valence-electron chi connectivity index (χ1n) is 11.2. The molecule has 0 radical (unpaired) electrons. The Balaban J connectivity index is 1.78. The van der Waals surface area contributed by atoms with Gasteiger partial charge in [-0.2, -0.15) is 18.3 Å². The van der Waals surface area contributed by atoms with Gasteiger partial charge in [-0.3, -0.25) is 0 Å². The number of alkyl halides is 5. The van der Waals surface area contributed by atoms with Gasteiger partial charge in [-0.25, -0.2) is 23.2 Å². The summed E-state index contributed by atoms with van der Waals surface area (Å²) in [7, 11) is 0. The molecule has 38 heavy (non-hydrogen) atoms. The van der Waals surface area contributed by atoms with Crippen LogP contribution in [0.2, 0.25) is 0 Å². The summed E-state index contributed by atoms with van der Waals surface area (Å²) in [5.74, 6) is -1.62. The van der Waals surface area contributed by atoms with Gasteiger partial charge in [0.25, 0.3) is 6.43 Å². The Labute approximate surface area is 222 Å². The van der Waals surface area contributed by atoms with Crippen LogP contribution in [0.15, 0.2) is 71.3 Å². The monoisotopic (exact) mass is 595 g/mol. The van der Waals surface area contributed by atoms with Crippen LogP contribution in [0.3, 0.4) is 0 Å². The normalized spacial score (nSPS) is 11.6. The Kier molecular flexibility index (Phi) is 8.10. The van der Waals surface area contributed by atoms with E-state index in [0.29, 0.717) is 10.2 Å². The van der Waals surface area contributed by atoms with Crippen molar-refractivity contribution in [1.29, 1.82) is 0 Å². The highest BCUT2D eigenvalue weighted by Gasteiger charge is 2.41. The second kappa shape index (κ2) is 11.3. The van der Waals surface area contributed by atoms with E-state index >= 15 is 0 Å². The van der Waals surface area contributed by atoms with Gasteiger partial charge in [0, 0.05) is 10.0 Å². The standard InChI is InChI=1S/C26H19BrF5N3O3/c1-2-37-25(36)19-13-33-35(23(19)26(30,31)32)21-8-4-7-20(34-21)17-5-3-6-18(24(28)29)22(17)38-14-15-9-11-16(27)12-10-15/h3-13,24H,2,14H2,1H3. The zero-order valence-corrected chi connectivity index (χ0v) is 21.3. The van der Waals surface area contributed by atoms with Gasteiger partial charge < -0.3 is 9.47 Å². The van der Waals surface area contributed by atoms with Gasteiger partial charge in [0.05, 0.1) is 24.1 Å². The van der Waals surface area contributed by atoms with Crippen LogP contribution >= 0.6 is 15.9 Å². The predicted octanol–water partition coefficient (Wildman–Crippen LogP) is 7.41. The summed E-state index contributed by atoms with van der Waals surface area (Å²) in [5, 5.41) is 3.72. The minimum Gasteiger partial charge on any atom is -0.488 e. The van der Waals surface area contributed by atoms with Crippen LogP contribution in [0.1, 0.15) is 40.5 Å². The Bertz CT molecular complexity index is 1440. The number of nitrogens with zero attached hydrogens (tertiary/aromatic N) is 3.